The van der Waals surface area contributed by atoms with Crippen LogP contribution in [0.5, 0.6) is 0 Å². The van der Waals surface area contributed by atoms with Crippen molar-refractivity contribution in [3.05, 3.63) is 88.4 Å². The molecule has 0 atom stereocenters. The summed E-state index contributed by atoms with van der Waals surface area (Å²) < 4.78 is 15.2. The van der Waals surface area contributed by atoms with Gasteiger partial charge in [0.05, 0.1) is 5.69 Å². The maximum atomic E-state index is 13.8. The molecule has 6 heteroatoms. The van der Waals surface area contributed by atoms with Crippen LogP contribution < -0.4 is 10.9 Å². The van der Waals surface area contributed by atoms with Gasteiger partial charge in [-0.25, -0.2) is 9.37 Å². The summed E-state index contributed by atoms with van der Waals surface area (Å²) in [4.78, 5) is 20.1. The minimum absolute atomic E-state index is 0.248. The summed E-state index contributed by atoms with van der Waals surface area (Å²) in [5, 5.41) is 4.27. The van der Waals surface area contributed by atoms with Crippen LogP contribution in [0.2, 0.25) is 0 Å². The summed E-state index contributed by atoms with van der Waals surface area (Å²) in [6.07, 6.45) is 5.81. The van der Waals surface area contributed by atoms with Crippen LogP contribution in [0.1, 0.15) is 11.1 Å². The zero-order chi connectivity index (χ0) is 18.8. The Labute approximate surface area is 155 Å². The van der Waals surface area contributed by atoms with Crippen molar-refractivity contribution in [1.82, 2.24) is 14.5 Å². The summed E-state index contributed by atoms with van der Waals surface area (Å²) in [6, 6.07) is 12.8. The van der Waals surface area contributed by atoms with E-state index in [-0.39, 0.29) is 17.2 Å². The summed E-state index contributed by atoms with van der Waals surface area (Å²) >= 11 is 0. The Morgan fingerprint density at radius 1 is 1.22 bits per heavy atom. The molecule has 4 aromatic rings. The molecule has 0 aliphatic heterocycles. The third-order valence-electron chi connectivity index (χ3n) is 4.64. The van der Waals surface area contributed by atoms with E-state index in [0.717, 1.165) is 11.9 Å². The van der Waals surface area contributed by atoms with Gasteiger partial charge < -0.3 is 10.3 Å². The molecular formula is C21H19FN4O. The van der Waals surface area contributed by atoms with Gasteiger partial charge in [0.25, 0.3) is 5.56 Å². The lowest BCUT2D eigenvalue weighted by molar-refractivity contribution is 0.617. The number of benzene rings is 2. The molecule has 0 amide bonds. The number of H-pyrrole nitrogens is 1. The Hall–Kier alpha value is -3.41. The monoisotopic (exact) mass is 362 g/mol. The van der Waals surface area contributed by atoms with Gasteiger partial charge in [-0.3, -0.25) is 9.36 Å². The predicted molar refractivity (Wildman–Crippen MR) is 105 cm³/mol. The number of aromatic amines is 1. The Morgan fingerprint density at radius 3 is 2.93 bits per heavy atom. The summed E-state index contributed by atoms with van der Waals surface area (Å²) in [7, 11) is 0. The quantitative estimate of drug-likeness (QED) is 0.567. The van der Waals surface area contributed by atoms with Crippen molar-refractivity contribution >= 4 is 16.7 Å². The summed E-state index contributed by atoms with van der Waals surface area (Å²) in [5.74, 6) is -0.0941. The third kappa shape index (κ3) is 3.33. The average molecular weight is 362 g/mol. The molecule has 2 heterocycles. The van der Waals surface area contributed by atoms with E-state index in [4.69, 9.17) is 0 Å². The normalized spacial score (nSPS) is 11.0. The first-order chi connectivity index (χ1) is 13.1. The minimum Gasteiger partial charge on any atom is -0.365 e. The SMILES string of the molecule is Cc1ccc(-n2ccnc(NCCc3c[nH]c4ccccc34)c2=O)cc1F. The molecule has 136 valence electrons. The van der Waals surface area contributed by atoms with Gasteiger partial charge in [-0.1, -0.05) is 24.3 Å². The Kier molecular flexibility index (Phi) is 4.46. The zero-order valence-electron chi connectivity index (χ0n) is 14.9. The van der Waals surface area contributed by atoms with Crippen molar-refractivity contribution in [3.63, 3.8) is 0 Å². The van der Waals surface area contributed by atoms with E-state index in [1.165, 1.54) is 34.0 Å². The van der Waals surface area contributed by atoms with Crippen molar-refractivity contribution in [1.29, 1.82) is 0 Å². The highest BCUT2D eigenvalue weighted by atomic mass is 19.1. The molecule has 0 aliphatic carbocycles. The van der Waals surface area contributed by atoms with E-state index in [9.17, 15) is 9.18 Å². The van der Waals surface area contributed by atoms with E-state index in [0.29, 0.717) is 17.8 Å². The van der Waals surface area contributed by atoms with Crippen molar-refractivity contribution < 1.29 is 4.39 Å². The molecule has 2 aromatic carbocycles. The van der Waals surface area contributed by atoms with Gasteiger partial charge in [-0.05, 0) is 42.7 Å². The lowest BCUT2D eigenvalue weighted by atomic mass is 10.1. The number of rotatable bonds is 5. The molecule has 0 fully saturated rings. The van der Waals surface area contributed by atoms with E-state index < -0.39 is 0 Å². The largest absolute Gasteiger partial charge is 0.365 e. The highest BCUT2D eigenvalue weighted by Crippen LogP contribution is 2.18. The van der Waals surface area contributed by atoms with Crippen LogP contribution in [0.25, 0.3) is 16.6 Å². The van der Waals surface area contributed by atoms with Crippen LogP contribution >= 0.6 is 0 Å². The standard InChI is InChI=1S/C21H19FN4O/c1-14-6-7-16(12-18(14)22)26-11-10-24-20(21(26)27)23-9-8-15-13-25-19-5-3-2-4-17(15)19/h2-7,10-13,25H,8-9H2,1H3,(H,23,24). The number of hydrogen-bond donors (Lipinski definition) is 2. The van der Waals surface area contributed by atoms with Crippen LogP contribution in [0, 0.1) is 12.7 Å². The number of hydrogen-bond acceptors (Lipinski definition) is 3. The Morgan fingerprint density at radius 2 is 2.07 bits per heavy atom. The molecule has 0 saturated heterocycles. The Balaban J connectivity index is 1.53. The molecule has 5 nitrogen and oxygen atoms in total. The highest BCUT2D eigenvalue weighted by Gasteiger charge is 2.09. The molecule has 0 bridgehead atoms. The first-order valence-corrected chi connectivity index (χ1v) is 8.76. The number of nitrogens with one attached hydrogen (secondary N) is 2. The van der Waals surface area contributed by atoms with Gasteiger partial charge in [0.2, 0.25) is 0 Å². The van der Waals surface area contributed by atoms with E-state index >= 15 is 0 Å². The van der Waals surface area contributed by atoms with E-state index in [1.54, 1.807) is 19.1 Å². The second-order valence-electron chi connectivity index (χ2n) is 6.42. The second-order valence-corrected chi connectivity index (χ2v) is 6.42. The van der Waals surface area contributed by atoms with Gasteiger partial charge >= 0.3 is 0 Å². The molecule has 2 N–H and O–H groups in total. The molecule has 27 heavy (non-hydrogen) atoms. The van der Waals surface area contributed by atoms with Gasteiger partial charge in [0.15, 0.2) is 5.82 Å². The van der Waals surface area contributed by atoms with Crippen molar-refractivity contribution in [2.75, 3.05) is 11.9 Å². The van der Waals surface area contributed by atoms with Crippen LogP contribution in [0.15, 0.2) is 65.8 Å². The number of aryl methyl sites for hydroxylation is 1. The van der Waals surface area contributed by atoms with E-state index in [2.05, 4.69) is 21.4 Å². The number of anilines is 1. The maximum absolute atomic E-state index is 13.8. The fourth-order valence-corrected chi connectivity index (χ4v) is 3.12. The van der Waals surface area contributed by atoms with Crippen molar-refractivity contribution in [2.24, 2.45) is 0 Å². The number of para-hydroxylation sites is 1. The minimum atomic E-state index is -0.343. The number of nitrogens with zero attached hydrogens (tertiary/aromatic N) is 2. The molecule has 0 saturated carbocycles. The van der Waals surface area contributed by atoms with Gasteiger partial charge in [0, 0.05) is 36.0 Å². The molecule has 2 aromatic heterocycles. The fourth-order valence-electron chi connectivity index (χ4n) is 3.12. The molecule has 4 rings (SSSR count). The Bertz CT molecular complexity index is 1160. The van der Waals surface area contributed by atoms with Crippen molar-refractivity contribution in [3.8, 4) is 5.69 Å². The molecule has 0 radical (unpaired) electrons. The maximum Gasteiger partial charge on any atom is 0.297 e. The first kappa shape index (κ1) is 17.0. The van der Waals surface area contributed by atoms with Crippen molar-refractivity contribution in [2.45, 2.75) is 13.3 Å². The first-order valence-electron chi connectivity index (χ1n) is 8.76. The second kappa shape index (κ2) is 7.07. The smallest absolute Gasteiger partial charge is 0.297 e. The number of halogens is 1. The predicted octanol–water partition coefficient (Wildman–Crippen LogP) is 3.82. The van der Waals surface area contributed by atoms with Crippen LogP contribution in [-0.4, -0.2) is 21.1 Å². The molecular weight excluding hydrogens is 343 g/mol. The number of fused-ring (bicyclic) bond motifs is 1. The molecule has 0 spiro atoms. The zero-order valence-corrected chi connectivity index (χ0v) is 14.9. The van der Waals surface area contributed by atoms with Gasteiger partial charge in [0.1, 0.15) is 5.82 Å². The molecule has 0 aliphatic rings. The lowest BCUT2D eigenvalue weighted by Gasteiger charge is -2.10. The van der Waals surface area contributed by atoms with Gasteiger partial charge in [-0.15, -0.1) is 0 Å². The van der Waals surface area contributed by atoms with Gasteiger partial charge in [-0.2, -0.15) is 0 Å². The van der Waals surface area contributed by atoms with E-state index in [1.807, 2.05) is 24.4 Å². The average Bonchev–Trinajstić information content (AvgIpc) is 3.09. The van der Waals surface area contributed by atoms with Crippen LogP contribution in [0.3, 0.4) is 0 Å². The lowest BCUT2D eigenvalue weighted by Crippen LogP contribution is -2.24. The molecule has 0 unspecified atom stereocenters. The summed E-state index contributed by atoms with van der Waals surface area (Å²) in [6.45, 7) is 2.25. The topological polar surface area (TPSA) is 62.7 Å². The summed E-state index contributed by atoms with van der Waals surface area (Å²) in [5.41, 5.74) is 2.98. The number of aromatic nitrogens is 3. The van der Waals surface area contributed by atoms with Crippen LogP contribution in [0.4, 0.5) is 10.2 Å². The highest BCUT2D eigenvalue weighted by molar-refractivity contribution is 5.83. The third-order valence-corrected chi connectivity index (χ3v) is 4.64. The van der Waals surface area contributed by atoms with Crippen LogP contribution in [-0.2, 0) is 6.42 Å². The fraction of sp³-hybridized carbons (Fsp3) is 0.143.